The molecule has 28 heavy (non-hydrogen) atoms. The topological polar surface area (TPSA) is 61.9 Å². The Kier molecular flexibility index (Phi) is 5.64. The molecule has 6 nitrogen and oxygen atoms in total. The molecule has 1 aromatic heterocycles. The van der Waals surface area contributed by atoms with E-state index in [1.165, 1.54) is 17.0 Å². The Bertz CT molecular complexity index is 839. The fourth-order valence-corrected chi connectivity index (χ4v) is 4.16. The van der Waals surface area contributed by atoms with Gasteiger partial charge < -0.3 is 19.9 Å². The summed E-state index contributed by atoms with van der Waals surface area (Å²) in [5, 5.41) is 3.64. The van der Waals surface area contributed by atoms with Gasteiger partial charge in [-0.3, -0.25) is 9.59 Å². The van der Waals surface area contributed by atoms with Gasteiger partial charge in [0.15, 0.2) is 0 Å². The van der Waals surface area contributed by atoms with Crippen molar-refractivity contribution in [3.63, 3.8) is 0 Å². The zero-order valence-electron chi connectivity index (χ0n) is 16.0. The molecular weight excluding hydrogens is 374 g/mol. The van der Waals surface area contributed by atoms with E-state index in [-0.39, 0.29) is 17.7 Å². The van der Waals surface area contributed by atoms with Crippen molar-refractivity contribution in [3.8, 4) is 0 Å². The van der Waals surface area contributed by atoms with Crippen LogP contribution in [-0.2, 0) is 16.1 Å². The molecule has 1 saturated heterocycles. The van der Waals surface area contributed by atoms with E-state index in [1.807, 2.05) is 6.07 Å². The van der Waals surface area contributed by atoms with Crippen LogP contribution in [0.4, 0.5) is 10.7 Å². The van der Waals surface area contributed by atoms with Crippen LogP contribution < -0.4 is 10.2 Å². The third-order valence-corrected chi connectivity index (χ3v) is 6.08. The second kappa shape index (κ2) is 8.32. The summed E-state index contributed by atoms with van der Waals surface area (Å²) in [6.07, 6.45) is 1.94. The predicted molar refractivity (Wildman–Crippen MR) is 111 cm³/mol. The van der Waals surface area contributed by atoms with E-state index in [4.69, 9.17) is 4.74 Å². The lowest BCUT2D eigenvalue weighted by Crippen LogP contribution is -2.36. The Balaban J connectivity index is 1.33. The molecule has 0 bridgehead atoms. The first-order valence-corrected chi connectivity index (χ1v) is 10.5. The number of carbonyl (C=O) groups is 2. The zero-order valence-corrected chi connectivity index (χ0v) is 16.8. The lowest BCUT2D eigenvalue weighted by Gasteiger charge is -2.29. The minimum absolute atomic E-state index is 0.0332. The van der Waals surface area contributed by atoms with E-state index in [9.17, 15) is 9.59 Å². The van der Waals surface area contributed by atoms with Crippen LogP contribution in [0, 0.1) is 5.92 Å². The van der Waals surface area contributed by atoms with E-state index < -0.39 is 0 Å². The van der Waals surface area contributed by atoms with Crippen LogP contribution in [-0.4, -0.2) is 50.1 Å². The van der Waals surface area contributed by atoms with Gasteiger partial charge in [-0.05, 0) is 42.7 Å². The van der Waals surface area contributed by atoms with E-state index >= 15 is 0 Å². The van der Waals surface area contributed by atoms with E-state index in [2.05, 4.69) is 34.5 Å². The molecule has 2 heterocycles. The van der Waals surface area contributed by atoms with Crippen LogP contribution in [0.15, 0.2) is 36.4 Å². The Labute approximate surface area is 169 Å². The smallest absolute Gasteiger partial charge is 0.264 e. The van der Waals surface area contributed by atoms with Crippen molar-refractivity contribution < 1.29 is 14.3 Å². The molecule has 148 valence electrons. The lowest BCUT2D eigenvalue weighted by atomic mass is 10.1. The quantitative estimate of drug-likeness (QED) is 0.810. The molecule has 1 saturated carbocycles. The van der Waals surface area contributed by atoms with Crippen LogP contribution in [0.1, 0.15) is 28.1 Å². The molecule has 0 radical (unpaired) electrons. The molecule has 2 fully saturated rings. The molecule has 1 aromatic carbocycles. The number of hydrogen-bond donors (Lipinski definition) is 1. The number of anilines is 2. The van der Waals surface area contributed by atoms with E-state index in [0.717, 1.165) is 49.7 Å². The molecule has 1 N–H and O–H groups in total. The molecule has 0 unspecified atom stereocenters. The molecule has 0 spiro atoms. The van der Waals surface area contributed by atoms with Gasteiger partial charge in [0.1, 0.15) is 0 Å². The molecule has 7 heteroatoms. The fraction of sp³-hybridized carbons (Fsp3) is 0.429. The zero-order chi connectivity index (χ0) is 19.5. The highest BCUT2D eigenvalue weighted by atomic mass is 32.1. The third kappa shape index (κ3) is 4.54. The summed E-state index contributed by atoms with van der Waals surface area (Å²) in [6.45, 7) is 3.90. The highest BCUT2D eigenvalue weighted by Crippen LogP contribution is 2.32. The highest BCUT2D eigenvalue weighted by molar-refractivity contribution is 7.18. The van der Waals surface area contributed by atoms with Crippen molar-refractivity contribution in [1.29, 1.82) is 0 Å². The molecule has 0 atom stereocenters. The summed E-state index contributed by atoms with van der Waals surface area (Å²) in [5.41, 5.74) is 2.28. The van der Waals surface area contributed by atoms with E-state index in [1.54, 1.807) is 18.0 Å². The van der Waals surface area contributed by atoms with Gasteiger partial charge in [-0.1, -0.05) is 12.1 Å². The number of benzene rings is 1. The number of nitrogens with one attached hydrogen (secondary N) is 1. The first kappa shape index (κ1) is 19.0. The molecule has 2 aromatic rings. The highest BCUT2D eigenvalue weighted by Gasteiger charge is 2.30. The van der Waals surface area contributed by atoms with Crippen molar-refractivity contribution in [1.82, 2.24) is 4.90 Å². The van der Waals surface area contributed by atoms with Crippen LogP contribution in [0.3, 0.4) is 0 Å². The summed E-state index contributed by atoms with van der Waals surface area (Å²) in [6, 6.07) is 12.0. The monoisotopic (exact) mass is 399 g/mol. The molecule has 4 rings (SSSR count). The Morgan fingerprint density at radius 2 is 1.86 bits per heavy atom. The summed E-state index contributed by atoms with van der Waals surface area (Å²) in [4.78, 5) is 29.2. The van der Waals surface area contributed by atoms with Crippen LogP contribution in [0.5, 0.6) is 0 Å². The third-order valence-electron chi connectivity index (χ3n) is 5.09. The molecule has 1 aliphatic carbocycles. The number of ether oxygens (including phenoxy) is 1. The largest absolute Gasteiger partial charge is 0.378 e. The van der Waals surface area contributed by atoms with Crippen molar-refractivity contribution in [2.45, 2.75) is 19.4 Å². The van der Waals surface area contributed by atoms with E-state index in [0.29, 0.717) is 11.4 Å². The van der Waals surface area contributed by atoms with Crippen molar-refractivity contribution in [2.75, 3.05) is 43.6 Å². The average Bonchev–Trinajstić information content (AvgIpc) is 3.48. The second-order valence-electron chi connectivity index (χ2n) is 7.35. The van der Waals surface area contributed by atoms with Crippen molar-refractivity contribution in [3.05, 3.63) is 46.8 Å². The van der Waals surface area contributed by atoms with Gasteiger partial charge in [0.25, 0.3) is 5.91 Å². The maximum atomic E-state index is 12.7. The summed E-state index contributed by atoms with van der Waals surface area (Å²) in [5.74, 6) is 0.188. The summed E-state index contributed by atoms with van der Waals surface area (Å²) >= 11 is 1.33. The molecular formula is C21H25N3O3S. The van der Waals surface area contributed by atoms with Gasteiger partial charge in [0.2, 0.25) is 5.91 Å². The standard InChI is InChI=1S/C21H25N3O3S/c1-23(14-15-2-6-17(7-3-15)24-10-12-27-13-11-24)21(26)18-8-9-19(28-18)22-20(25)16-4-5-16/h2-3,6-9,16H,4-5,10-14H2,1H3,(H,22,25). The SMILES string of the molecule is CN(Cc1ccc(N2CCOCC2)cc1)C(=O)c1ccc(NC(=O)C2CC2)s1. The van der Waals surface area contributed by atoms with Gasteiger partial charge in [0, 0.05) is 38.3 Å². The fourth-order valence-electron chi connectivity index (χ4n) is 3.26. The number of carbonyl (C=O) groups excluding carboxylic acids is 2. The first-order chi connectivity index (χ1) is 13.6. The summed E-state index contributed by atoms with van der Waals surface area (Å²) in [7, 11) is 1.81. The summed E-state index contributed by atoms with van der Waals surface area (Å²) < 4.78 is 5.40. The minimum atomic E-state index is -0.0332. The van der Waals surface area contributed by atoms with Gasteiger partial charge in [-0.25, -0.2) is 0 Å². The average molecular weight is 400 g/mol. The number of morpholine rings is 1. The Morgan fingerprint density at radius 3 is 2.54 bits per heavy atom. The lowest BCUT2D eigenvalue weighted by molar-refractivity contribution is -0.117. The second-order valence-corrected chi connectivity index (χ2v) is 8.44. The maximum absolute atomic E-state index is 12.7. The van der Waals surface area contributed by atoms with Crippen molar-refractivity contribution in [2.24, 2.45) is 5.92 Å². The minimum Gasteiger partial charge on any atom is -0.378 e. The number of thiophene rings is 1. The van der Waals surface area contributed by atoms with Crippen molar-refractivity contribution >= 4 is 33.8 Å². The van der Waals surface area contributed by atoms with Crippen LogP contribution >= 0.6 is 11.3 Å². The Hall–Kier alpha value is -2.38. The number of nitrogens with zero attached hydrogens (tertiary/aromatic N) is 2. The van der Waals surface area contributed by atoms with Gasteiger partial charge in [0.05, 0.1) is 23.1 Å². The van der Waals surface area contributed by atoms with Crippen LogP contribution in [0.25, 0.3) is 0 Å². The first-order valence-electron chi connectivity index (χ1n) is 9.68. The number of hydrogen-bond acceptors (Lipinski definition) is 5. The predicted octanol–water partition coefficient (Wildman–Crippen LogP) is 3.21. The van der Waals surface area contributed by atoms with Gasteiger partial charge in [-0.2, -0.15) is 0 Å². The normalized spacial score (nSPS) is 16.7. The number of amides is 2. The van der Waals surface area contributed by atoms with Gasteiger partial charge >= 0.3 is 0 Å². The maximum Gasteiger partial charge on any atom is 0.264 e. The van der Waals surface area contributed by atoms with Gasteiger partial charge in [-0.15, -0.1) is 11.3 Å². The Morgan fingerprint density at radius 1 is 1.14 bits per heavy atom. The van der Waals surface area contributed by atoms with Crippen LogP contribution in [0.2, 0.25) is 0 Å². The molecule has 1 aliphatic heterocycles. The molecule has 2 amide bonds. The molecule has 2 aliphatic rings. The number of rotatable bonds is 6.